The van der Waals surface area contributed by atoms with Gasteiger partial charge in [0.1, 0.15) is 0 Å². The molecule has 9 heteroatoms. The monoisotopic (exact) mass is 570 g/mol. The van der Waals surface area contributed by atoms with Gasteiger partial charge in [-0.15, -0.1) is 0 Å². The third-order valence-corrected chi connectivity index (χ3v) is 7.50. The summed E-state index contributed by atoms with van der Waals surface area (Å²) in [6, 6.07) is 26.8. The zero-order valence-corrected chi connectivity index (χ0v) is 23.1. The van der Waals surface area contributed by atoms with Gasteiger partial charge in [-0.3, -0.25) is 19.8 Å². The second kappa shape index (κ2) is 11.7. The first kappa shape index (κ1) is 27.1. The quantitative estimate of drug-likeness (QED) is 0.122. The molecule has 4 aromatic rings. The van der Waals surface area contributed by atoms with Gasteiger partial charge in [0.15, 0.2) is 11.5 Å². The fourth-order valence-corrected chi connectivity index (χ4v) is 5.20. The van der Waals surface area contributed by atoms with Crippen molar-refractivity contribution < 1.29 is 19.2 Å². The number of hydrogen-bond donors (Lipinski definition) is 0. The molecular weight excluding hydrogens is 548 g/mol. The van der Waals surface area contributed by atoms with Gasteiger partial charge in [0.05, 0.1) is 24.8 Å². The van der Waals surface area contributed by atoms with Crippen molar-refractivity contribution in [3.63, 3.8) is 0 Å². The lowest BCUT2D eigenvalue weighted by molar-refractivity contribution is -0.384. The minimum absolute atomic E-state index is 0.0469. The van der Waals surface area contributed by atoms with Gasteiger partial charge in [0, 0.05) is 38.2 Å². The number of rotatable bonds is 8. The summed E-state index contributed by atoms with van der Waals surface area (Å²) in [7, 11) is 3.14. The number of carbonyl (C=O) groups is 1. The molecule has 1 aliphatic heterocycles. The summed E-state index contributed by atoms with van der Waals surface area (Å²) >= 11 is 7.61. The van der Waals surface area contributed by atoms with Crippen LogP contribution in [-0.2, 0) is 4.79 Å². The lowest BCUT2D eigenvalue weighted by Gasteiger charge is -2.21. The summed E-state index contributed by atoms with van der Waals surface area (Å²) < 4.78 is 10.8. The molecule has 1 heterocycles. The van der Waals surface area contributed by atoms with Crippen LogP contribution in [-0.4, -0.2) is 25.1 Å². The van der Waals surface area contributed by atoms with Crippen LogP contribution in [0.15, 0.2) is 112 Å². The predicted octanol–water partition coefficient (Wildman–Crippen LogP) is 7.89. The van der Waals surface area contributed by atoms with E-state index in [0.29, 0.717) is 27.8 Å². The maximum absolute atomic E-state index is 13.8. The van der Waals surface area contributed by atoms with Crippen LogP contribution in [0.4, 0.5) is 11.4 Å². The molecule has 5 rings (SSSR count). The second-order valence-corrected chi connectivity index (χ2v) is 10.3. The molecular formula is C31H23ClN2O5S. The standard InChI is InChI=1S/C31H23ClN2O5S/c1-38-29-16-3-20(18-30(29)39-2)17-22-19-28(21-4-6-23(32)7-5-21)33(31(22)35)24-8-12-26(13-9-24)40-27-14-10-25(11-15-27)34(36)37/h3-19H,1-2H3/b22-17+. The molecule has 0 saturated heterocycles. The molecule has 0 aromatic heterocycles. The van der Waals surface area contributed by atoms with Crippen molar-refractivity contribution in [1.82, 2.24) is 0 Å². The van der Waals surface area contributed by atoms with Crippen molar-refractivity contribution >= 4 is 52.4 Å². The van der Waals surface area contributed by atoms with Gasteiger partial charge in [0.2, 0.25) is 0 Å². The van der Waals surface area contributed by atoms with Crippen LogP contribution in [0.25, 0.3) is 11.8 Å². The topological polar surface area (TPSA) is 81.9 Å². The lowest BCUT2D eigenvalue weighted by atomic mass is 10.1. The number of methoxy groups -OCH3 is 2. The Morgan fingerprint density at radius 2 is 1.48 bits per heavy atom. The molecule has 1 amide bonds. The third-order valence-electron chi connectivity index (χ3n) is 6.23. The van der Waals surface area contributed by atoms with Crippen LogP contribution in [0.2, 0.25) is 5.02 Å². The van der Waals surface area contributed by atoms with E-state index < -0.39 is 4.92 Å². The highest BCUT2D eigenvalue weighted by atomic mass is 35.5. The van der Waals surface area contributed by atoms with Crippen LogP contribution in [0.5, 0.6) is 11.5 Å². The normalized spacial score (nSPS) is 13.9. The minimum Gasteiger partial charge on any atom is -0.493 e. The van der Waals surface area contributed by atoms with Gasteiger partial charge in [-0.1, -0.05) is 41.6 Å². The number of nitro groups is 1. The SMILES string of the molecule is COc1ccc(/C=C2\C=C(c3ccc(Cl)cc3)N(c3ccc(Sc4ccc([N+](=O)[O-])cc4)cc3)C2=O)cc1OC. The molecule has 0 atom stereocenters. The Hall–Kier alpha value is -4.53. The Morgan fingerprint density at radius 1 is 0.850 bits per heavy atom. The fourth-order valence-electron chi connectivity index (χ4n) is 4.26. The number of non-ortho nitro benzene ring substituents is 1. The van der Waals surface area contributed by atoms with Gasteiger partial charge >= 0.3 is 0 Å². The summed E-state index contributed by atoms with van der Waals surface area (Å²) in [6.45, 7) is 0. The smallest absolute Gasteiger partial charge is 0.269 e. The Bertz CT molecular complexity index is 1630. The van der Waals surface area contributed by atoms with Crippen LogP contribution >= 0.6 is 23.4 Å². The minimum atomic E-state index is -0.421. The highest BCUT2D eigenvalue weighted by molar-refractivity contribution is 7.99. The molecule has 0 bridgehead atoms. The first-order chi connectivity index (χ1) is 19.4. The van der Waals surface area contributed by atoms with E-state index in [1.165, 1.54) is 23.9 Å². The summed E-state index contributed by atoms with van der Waals surface area (Å²) in [4.78, 5) is 27.8. The molecule has 4 aromatic carbocycles. The average molecular weight is 571 g/mol. The van der Waals surface area contributed by atoms with E-state index in [9.17, 15) is 14.9 Å². The van der Waals surface area contributed by atoms with Crippen molar-refractivity contribution in [1.29, 1.82) is 0 Å². The molecule has 0 radical (unpaired) electrons. The van der Waals surface area contributed by atoms with E-state index in [2.05, 4.69) is 0 Å². The number of nitrogens with zero attached hydrogens (tertiary/aromatic N) is 2. The van der Waals surface area contributed by atoms with Crippen molar-refractivity contribution in [2.45, 2.75) is 9.79 Å². The van der Waals surface area contributed by atoms with Crippen LogP contribution < -0.4 is 14.4 Å². The maximum atomic E-state index is 13.8. The summed E-state index contributed by atoms with van der Waals surface area (Å²) in [5.74, 6) is 1.01. The third kappa shape index (κ3) is 5.73. The Kier molecular flexibility index (Phi) is 7.91. The van der Waals surface area contributed by atoms with Crippen molar-refractivity contribution in [2.24, 2.45) is 0 Å². The highest BCUT2D eigenvalue weighted by Crippen LogP contribution is 2.38. The molecule has 7 nitrogen and oxygen atoms in total. The molecule has 0 N–H and O–H groups in total. The molecule has 200 valence electrons. The van der Waals surface area contributed by atoms with Gasteiger partial charge in [-0.25, -0.2) is 0 Å². The van der Waals surface area contributed by atoms with E-state index in [-0.39, 0.29) is 11.6 Å². The molecule has 1 aliphatic rings. The zero-order chi connectivity index (χ0) is 28.2. The molecule has 0 unspecified atom stereocenters. The van der Waals surface area contributed by atoms with Gasteiger partial charge in [-0.2, -0.15) is 0 Å². The predicted molar refractivity (Wildman–Crippen MR) is 158 cm³/mol. The molecule has 0 aliphatic carbocycles. The number of nitro benzene ring substituents is 1. The van der Waals surface area contributed by atoms with Crippen LogP contribution in [0.1, 0.15) is 11.1 Å². The van der Waals surface area contributed by atoms with E-state index in [0.717, 1.165) is 26.6 Å². The Labute approximate surface area is 240 Å². The van der Waals surface area contributed by atoms with E-state index in [1.54, 1.807) is 49.5 Å². The number of amides is 1. The fraction of sp³-hybridized carbons (Fsp3) is 0.0645. The van der Waals surface area contributed by atoms with E-state index in [1.807, 2.05) is 60.7 Å². The first-order valence-electron chi connectivity index (χ1n) is 12.1. The Balaban J connectivity index is 1.47. The van der Waals surface area contributed by atoms with Crippen LogP contribution in [0, 0.1) is 10.1 Å². The number of ether oxygens (including phenoxy) is 2. The number of anilines is 1. The summed E-state index contributed by atoms with van der Waals surface area (Å²) in [6.07, 6.45) is 3.68. The lowest BCUT2D eigenvalue weighted by Crippen LogP contribution is -2.24. The van der Waals surface area contributed by atoms with Gasteiger partial charge in [-0.05, 0) is 83.9 Å². The van der Waals surface area contributed by atoms with E-state index in [4.69, 9.17) is 21.1 Å². The van der Waals surface area contributed by atoms with Gasteiger partial charge < -0.3 is 9.47 Å². The summed E-state index contributed by atoms with van der Waals surface area (Å²) in [5, 5.41) is 11.5. The largest absolute Gasteiger partial charge is 0.493 e. The van der Waals surface area contributed by atoms with Gasteiger partial charge in [0.25, 0.3) is 11.6 Å². The first-order valence-corrected chi connectivity index (χ1v) is 13.3. The number of carbonyl (C=O) groups excluding carboxylic acids is 1. The van der Waals surface area contributed by atoms with Crippen LogP contribution in [0.3, 0.4) is 0 Å². The molecule has 0 fully saturated rings. The summed E-state index contributed by atoms with van der Waals surface area (Å²) in [5.41, 5.74) is 3.63. The number of hydrogen-bond acceptors (Lipinski definition) is 6. The molecule has 0 spiro atoms. The van der Waals surface area contributed by atoms with Crippen molar-refractivity contribution in [3.8, 4) is 11.5 Å². The van der Waals surface area contributed by atoms with Crippen molar-refractivity contribution in [2.75, 3.05) is 19.1 Å². The molecule has 0 saturated carbocycles. The molecule has 40 heavy (non-hydrogen) atoms. The highest BCUT2D eigenvalue weighted by Gasteiger charge is 2.30. The second-order valence-electron chi connectivity index (χ2n) is 8.74. The average Bonchev–Trinajstić information content (AvgIpc) is 3.29. The maximum Gasteiger partial charge on any atom is 0.269 e. The van der Waals surface area contributed by atoms with E-state index >= 15 is 0 Å². The number of halogens is 1. The number of benzene rings is 4. The zero-order valence-electron chi connectivity index (χ0n) is 21.5. The van der Waals surface area contributed by atoms with Crippen molar-refractivity contribution in [3.05, 3.63) is 129 Å². The Morgan fingerprint density at radius 3 is 2.08 bits per heavy atom.